The fourth-order valence-corrected chi connectivity index (χ4v) is 3.31. The molecule has 2 atom stereocenters. The first-order valence-electron chi connectivity index (χ1n) is 8.62. The zero-order valence-corrected chi connectivity index (χ0v) is 15.7. The number of nitrogens with two attached hydrogens (primary N) is 1. The van der Waals surface area contributed by atoms with Gasteiger partial charge in [0.25, 0.3) is 0 Å². The van der Waals surface area contributed by atoms with Gasteiger partial charge in [0.15, 0.2) is 0 Å². The molecule has 2 aromatic carbocycles. The third-order valence-corrected chi connectivity index (χ3v) is 4.70. The Hall–Kier alpha value is -2.08. The van der Waals surface area contributed by atoms with Crippen molar-refractivity contribution in [3.8, 4) is 5.75 Å². The summed E-state index contributed by atoms with van der Waals surface area (Å²) < 4.78 is 5.11. The first-order chi connectivity index (χ1) is 12.2. The molecule has 0 unspecified atom stereocenters. The van der Waals surface area contributed by atoms with E-state index in [0.29, 0.717) is 12.3 Å². The molecule has 0 bridgehead atoms. The fraction of sp³-hybridized carbons (Fsp3) is 0.350. The SMILES string of the molecule is COc1ccc(NC(=O)CCN2C[C@@H](N)[C@H](c3ccccc3)C2)cc1.Cl. The maximum absolute atomic E-state index is 12.2. The smallest absolute Gasteiger partial charge is 0.225 e. The normalized spacial score (nSPS) is 19.6. The molecule has 0 saturated carbocycles. The van der Waals surface area contributed by atoms with Crippen molar-refractivity contribution in [2.75, 3.05) is 32.1 Å². The summed E-state index contributed by atoms with van der Waals surface area (Å²) in [5, 5.41) is 2.92. The molecule has 5 nitrogen and oxygen atoms in total. The Morgan fingerprint density at radius 3 is 2.50 bits per heavy atom. The molecule has 26 heavy (non-hydrogen) atoms. The summed E-state index contributed by atoms with van der Waals surface area (Å²) in [6.45, 7) is 2.45. The minimum absolute atomic E-state index is 0. The van der Waals surface area contributed by atoms with Gasteiger partial charge >= 0.3 is 0 Å². The lowest BCUT2D eigenvalue weighted by molar-refractivity contribution is -0.116. The number of nitrogens with zero attached hydrogens (tertiary/aromatic N) is 1. The molecule has 0 aromatic heterocycles. The number of hydrogen-bond acceptors (Lipinski definition) is 4. The number of benzene rings is 2. The van der Waals surface area contributed by atoms with Crippen LogP contribution in [0.1, 0.15) is 17.9 Å². The zero-order valence-electron chi connectivity index (χ0n) is 14.9. The molecule has 0 radical (unpaired) electrons. The van der Waals surface area contributed by atoms with Gasteiger partial charge in [-0.25, -0.2) is 0 Å². The number of nitrogens with one attached hydrogen (secondary N) is 1. The van der Waals surface area contributed by atoms with Crippen molar-refractivity contribution >= 4 is 24.0 Å². The summed E-state index contributed by atoms with van der Waals surface area (Å²) in [6, 6.07) is 17.8. The van der Waals surface area contributed by atoms with Crippen LogP contribution in [-0.2, 0) is 4.79 Å². The van der Waals surface area contributed by atoms with Crippen molar-refractivity contribution in [2.45, 2.75) is 18.4 Å². The Kier molecular flexibility index (Phi) is 7.45. The highest BCUT2D eigenvalue weighted by Gasteiger charge is 2.30. The van der Waals surface area contributed by atoms with Crippen LogP contribution in [0.5, 0.6) is 5.75 Å². The van der Waals surface area contributed by atoms with Crippen LogP contribution in [0, 0.1) is 0 Å². The van der Waals surface area contributed by atoms with Crippen LogP contribution in [0.15, 0.2) is 54.6 Å². The number of carbonyl (C=O) groups is 1. The molecule has 2 aromatic rings. The molecule has 1 saturated heterocycles. The molecule has 1 fully saturated rings. The Balaban J connectivity index is 0.00000243. The van der Waals surface area contributed by atoms with Gasteiger partial charge in [0.2, 0.25) is 5.91 Å². The Morgan fingerprint density at radius 2 is 1.85 bits per heavy atom. The van der Waals surface area contributed by atoms with E-state index in [2.05, 4.69) is 22.3 Å². The second kappa shape index (κ2) is 9.57. The average Bonchev–Trinajstić information content (AvgIpc) is 3.02. The van der Waals surface area contributed by atoms with Gasteiger partial charge in [-0.3, -0.25) is 4.79 Å². The van der Waals surface area contributed by atoms with E-state index in [4.69, 9.17) is 10.5 Å². The summed E-state index contributed by atoms with van der Waals surface area (Å²) in [4.78, 5) is 14.4. The zero-order chi connectivity index (χ0) is 17.6. The van der Waals surface area contributed by atoms with Gasteiger partial charge in [-0.1, -0.05) is 30.3 Å². The number of amides is 1. The molecule has 1 aliphatic heterocycles. The van der Waals surface area contributed by atoms with Crippen molar-refractivity contribution in [2.24, 2.45) is 5.73 Å². The first kappa shape index (κ1) is 20.2. The van der Waals surface area contributed by atoms with Crippen LogP contribution < -0.4 is 15.8 Å². The highest BCUT2D eigenvalue weighted by Crippen LogP contribution is 2.26. The molecule has 3 rings (SSSR count). The average molecular weight is 376 g/mol. The summed E-state index contributed by atoms with van der Waals surface area (Å²) in [7, 11) is 1.62. The second-order valence-electron chi connectivity index (χ2n) is 6.47. The topological polar surface area (TPSA) is 67.6 Å². The molecule has 1 aliphatic rings. The largest absolute Gasteiger partial charge is 0.497 e. The fourth-order valence-electron chi connectivity index (χ4n) is 3.31. The van der Waals surface area contributed by atoms with Crippen molar-refractivity contribution < 1.29 is 9.53 Å². The third-order valence-electron chi connectivity index (χ3n) is 4.70. The number of anilines is 1. The van der Waals surface area contributed by atoms with Crippen molar-refractivity contribution in [1.29, 1.82) is 0 Å². The highest BCUT2D eigenvalue weighted by atomic mass is 35.5. The quantitative estimate of drug-likeness (QED) is 0.814. The standard InChI is InChI=1S/C20H25N3O2.ClH/c1-25-17-9-7-16(8-10-17)22-20(24)11-12-23-13-18(19(21)14-23)15-5-3-2-4-6-15;/h2-10,18-19H,11-14,21H2,1H3,(H,22,24);1H/t18-,19+;/m0./s1. The van der Waals surface area contributed by atoms with Gasteiger partial charge in [-0.05, 0) is 29.8 Å². The van der Waals surface area contributed by atoms with Gasteiger partial charge < -0.3 is 20.7 Å². The van der Waals surface area contributed by atoms with Gasteiger partial charge in [-0.2, -0.15) is 0 Å². The highest BCUT2D eigenvalue weighted by molar-refractivity contribution is 5.90. The van der Waals surface area contributed by atoms with Gasteiger partial charge in [0.1, 0.15) is 5.75 Å². The first-order valence-corrected chi connectivity index (χ1v) is 8.62. The molecule has 1 amide bonds. The van der Waals surface area contributed by atoms with Gasteiger partial charge in [0.05, 0.1) is 7.11 Å². The van der Waals surface area contributed by atoms with E-state index in [0.717, 1.165) is 31.1 Å². The van der Waals surface area contributed by atoms with Crippen molar-refractivity contribution in [3.63, 3.8) is 0 Å². The third kappa shape index (κ3) is 5.21. The lowest BCUT2D eigenvalue weighted by atomic mass is 9.95. The summed E-state index contributed by atoms with van der Waals surface area (Å²) in [6.07, 6.45) is 0.459. The molecule has 0 aliphatic carbocycles. The number of hydrogen-bond donors (Lipinski definition) is 2. The number of rotatable bonds is 6. The number of methoxy groups -OCH3 is 1. The molecule has 140 valence electrons. The van der Waals surface area contributed by atoms with E-state index in [1.807, 2.05) is 42.5 Å². The molecule has 1 heterocycles. The minimum atomic E-state index is 0. The Bertz CT molecular complexity index is 694. The van der Waals surface area contributed by atoms with E-state index in [-0.39, 0.29) is 24.4 Å². The number of carbonyl (C=O) groups excluding carboxylic acids is 1. The van der Waals surface area contributed by atoms with Crippen LogP contribution in [0.3, 0.4) is 0 Å². The van der Waals surface area contributed by atoms with Crippen LogP contribution in [0.4, 0.5) is 5.69 Å². The van der Waals surface area contributed by atoms with Crippen LogP contribution in [0.2, 0.25) is 0 Å². The van der Waals surface area contributed by atoms with Crippen LogP contribution in [0.25, 0.3) is 0 Å². The predicted octanol–water partition coefficient (Wildman–Crippen LogP) is 2.87. The molecular formula is C20H26ClN3O2. The van der Waals surface area contributed by atoms with E-state index >= 15 is 0 Å². The van der Waals surface area contributed by atoms with Gasteiger partial charge in [0, 0.05) is 43.7 Å². The van der Waals surface area contributed by atoms with Gasteiger partial charge in [-0.15, -0.1) is 12.4 Å². The maximum Gasteiger partial charge on any atom is 0.225 e. The van der Waals surface area contributed by atoms with E-state index in [1.54, 1.807) is 7.11 Å². The molecule has 3 N–H and O–H groups in total. The van der Waals surface area contributed by atoms with Crippen molar-refractivity contribution in [1.82, 2.24) is 4.90 Å². The van der Waals surface area contributed by atoms with Crippen LogP contribution >= 0.6 is 12.4 Å². The lowest BCUT2D eigenvalue weighted by Crippen LogP contribution is -2.30. The summed E-state index contributed by atoms with van der Waals surface area (Å²) in [5.41, 5.74) is 8.37. The summed E-state index contributed by atoms with van der Waals surface area (Å²) in [5.74, 6) is 1.13. The Morgan fingerprint density at radius 1 is 1.15 bits per heavy atom. The van der Waals surface area contributed by atoms with Crippen molar-refractivity contribution in [3.05, 3.63) is 60.2 Å². The monoisotopic (exact) mass is 375 g/mol. The molecule has 0 spiro atoms. The number of halogens is 1. The van der Waals surface area contributed by atoms with E-state index in [1.165, 1.54) is 5.56 Å². The maximum atomic E-state index is 12.2. The molecule has 6 heteroatoms. The molecular weight excluding hydrogens is 350 g/mol. The minimum Gasteiger partial charge on any atom is -0.497 e. The number of ether oxygens (including phenoxy) is 1. The lowest BCUT2D eigenvalue weighted by Gasteiger charge is -2.16. The van der Waals surface area contributed by atoms with E-state index in [9.17, 15) is 4.79 Å². The Labute approximate surface area is 160 Å². The van der Waals surface area contributed by atoms with E-state index < -0.39 is 0 Å². The second-order valence-corrected chi connectivity index (χ2v) is 6.47. The number of likely N-dealkylation sites (tertiary alicyclic amines) is 1. The predicted molar refractivity (Wildman–Crippen MR) is 107 cm³/mol. The summed E-state index contributed by atoms with van der Waals surface area (Å²) >= 11 is 0. The van der Waals surface area contributed by atoms with Crippen LogP contribution in [-0.4, -0.2) is 43.6 Å².